The van der Waals surface area contributed by atoms with Crippen LogP contribution in [-0.2, 0) is 10.8 Å². The van der Waals surface area contributed by atoms with Gasteiger partial charge < -0.3 is 4.43 Å². The highest BCUT2D eigenvalue weighted by Gasteiger charge is 2.37. The molecule has 0 fully saturated rings. The van der Waals surface area contributed by atoms with E-state index in [1.807, 2.05) is 6.21 Å². The molecule has 2 nitrogen and oxygen atoms in total. The average Bonchev–Trinajstić information content (AvgIpc) is 2.36. The smallest absolute Gasteiger partial charge is 0.192 e. The van der Waals surface area contributed by atoms with Gasteiger partial charge in [0.1, 0.15) is 0 Å². The first-order valence-electron chi connectivity index (χ1n) is 7.15. The van der Waals surface area contributed by atoms with Crippen molar-refractivity contribution in [1.29, 1.82) is 0 Å². The molecule has 1 aliphatic rings. The topological polar surface area (TPSA) is 21.6 Å². The van der Waals surface area contributed by atoms with Gasteiger partial charge >= 0.3 is 0 Å². The number of nitrogens with zero attached hydrogens (tertiary/aromatic N) is 1. The molecule has 0 spiro atoms. The molecule has 0 radical (unpaired) electrons. The molecule has 0 amide bonds. The number of hydrogen-bond acceptors (Lipinski definition) is 2. The third-order valence-corrected chi connectivity index (χ3v) is 9.71. The quantitative estimate of drug-likeness (QED) is 0.714. The Hall–Kier alpha value is -0.453. The van der Waals surface area contributed by atoms with E-state index in [9.17, 15) is 0 Å². The van der Waals surface area contributed by atoms with Crippen LogP contribution in [0.25, 0.3) is 0 Å². The summed E-state index contributed by atoms with van der Waals surface area (Å²) in [6.07, 6.45) is 2.95. The van der Waals surface area contributed by atoms with Gasteiger partial charge in [-0.25, -0.2) is 0 Å². The normalized spacial score (nSPS) is 19.0. The minimum absolute atomic E-state index is 0.246. The Morgan fingerprint density at radius 2 is 2.05 bits per heavy atom. The number of fused-ring (bicyclic) bond motifs is 1. The minimum Gasteiger partial charge on any atom is -0.415 e. The summed E-state index contributed by atoms with van der Waals surface area (Å²) < 4.78 is 7.48. The van der Waals surface area contributed by atoms with Crippen LogP contribution in [0.2, 0.25) is 18.1 Å². The van der Waals surface area contributed by atoms with E-state index >= 15 is 0 Å². The third-order valence-electron chi connectivity index (χ3n) is 4.46. The first-order chi connectivity index (χ1) is 9.21. The Balaban J connectivity index is 2.03. The van der Waals surface area contributed by atoms with E-state index in [1.54, 1.807) is 0 Å². The molecule has 0 unspecified atom stereocenters. The van der Waals surface area contributed by atoms with Crippen molar-refractivity contribution in [3.05, 3.63) is 33.8 Å². The number of benzene rings is 1. The summed E-state index contributed by atoms with van der Waals surface area (Å²) in [6.45, 7) is 12.1. The van der Waals surface area contributed by atoms with Gasteiger partial charge in [0.05, 0.1) is 12.6 Å². The monoisotopic (exact) mass is 353 g/mol. The van der Waals surface area contributed by atoms with E-state index < -0.39 is 8.32 Å². The van der Waals surface area contributed by atoms with Gasteiger partial charge in [-0.05, 0) is 41.7 Å². The van der Waals surface area contributed by atoms with E-state index in [-0.39, 0.29) is 11.1 Å². The summed E-state index contributed by atoms with van der Waals surface area (Å²) >= 11 is 3.64. The molecule has 1 aliphatic heterocycles. The average molecular weight is 354 g/mol. The summed E-state index contributed by atoms with van der Waals surface area (Å²) in [6, 6.07) is 6.52. The predicted molar refractivity (Wildman–Crippen MR) is 92.4 cm³/mol. The fourth-order valence-corrected chi connectivity index (χ4v) is 3.59. The molecule has 4 heteroatoms. The molecule has 0 N–H and O–H groups in total. The largest absolute Gasteiger partial charge is 0.415 e. The van der Waals surface area contributed by atoms with Gasteiger partial charge in [-0.1, -0.05) is 48.8 Å². The van der Waals surface area contributed by atoms with Gasteiger partial charge in [-0.2, -0.15) is 0 Å². The highest BCUT2D eigenvalue weighted by Crippen LogP contribution is 2.37. The molecule has 1 atom stereocenters. The molecule has 20 heavy (non-hydrogen) atoms. The van der Waals surface area contributed by atoms with Crippen LogP contribution in [0.1, 0.15) is 31.9 Å². The predicted octanol–water partition coefficient (Wildman–Crippen LogP) is 4.81. The maximum Gasteiger partial charge on any atom is 0.192 e. The van der Waals surface area contributed by atoms with E-state index in [2.05, 4.69) is 73.0 Å². The molecular weight excluding hydrogens is 330 g/mol. The number of aliphatic imine (C=N–C) groups is 1. The van der Waals surface area contributed by atoms with Crippen LogP contribution in [0.4, 0.5) is 0 Å². The van der Waals surface area contributed by atoms with E-state index in [0.717, 1.165) is 13.0 Å². The Morgan fingerprint density at radius 1 is 1.35 bits per heavy atom. The van der Waals surface area contributed by atoms with Gasteiger partial charge in [0.15, 0.2) is 8.32 Å². The lowest BCUT2D eigenvalue weighted by Gasteiger charge is -2.37. The summed E-state index contributed by atoms with van der Waals surface area (Å²) in [4.78, 5) is 4.65. The van der Waals surface area contributed by atoms with Crippen molar-refractivity contribution in [2.75, 3.05) is 6.61 Å². The van der Waals surface area contributed by atoms with Gasteiger partial charge in [0.2, 0.25) is 0 Å². The van der Waals surface area contributed by atoms with Crippen molar-refractivity contribution in [1.82, 2.24) is 0 Å². The zero-order valence-electron chi connectivity index (χ0n) is 13.0. The van der Waals surface area contributed by atoms with Crippen molar-refractivity contribution in [3.63, 3.8) is 0 Å². The van der Waals surface area contributed by atoms with Crippen molar-refractivity contribution in [2.45, 2.75) is 51.4 Å². The summed E-state index contributed by atoms with van der Waals surface area (Å²) in [5.74, 6) is 0. The van der Waals surface area contributed by atoms with Gasteiger partial charge in [0, 0.05) is 10.7 Å². The molecule has 1 aromatic carbocycles. The highest BCUT2D eigenvalue weighted by molar-refractivity contribution is 9.10. The summed E-state index contributed by atoms with van der Waals surface area (Å²) in [5.41, 5.74) is 2.58. The molecule has 2 rings (SSSR count). The van der Waals surface area contributed by atoms with Gasteiger partial charge in [-0.3, -0.25) is 4.99 Å². The Morgan fingerprint density at radius 3 is 2.70 bits per heavy atom. The maximum absolute atomic E-state index is 6.30. The first kappa shape index (κ1) is 15.9. The molecule has 0 saturated heterocycles. The van der Waals surface area contributed by atoms with E-state index in [1.165, 1.54) is 15.6 Å². The molecule has 1 heterocycles. The maximum atomic E-state index is 6.30. The standard InChI is InChI=1S/C16H24BrNOSi/c1-16(2,3)20(4,5)19-11-13-9-14-12(10-18-13)7-6-8-15(14)17/h6-8,10,13H,9,11H2,1-5H3/t13-/m1/s1. The molecule has 110 valence electrons. The van der Waals surface area contributed by atoms with Crippen molar-refractivity contribution >= 4 is 30.5 Å². The molecule has 0 saturated carbocycles. The van der Waals surface area contributed by atoms with Gasteiger partial charge in [-0.15, -0.1) is 0 Å². The summed E-state index contributed by atoms with van der Waals surface area (Å²) in [5, 5.41) is 0.254. The minimum atomic E-state index is -1.68. The second kappa shape index (κ2) is 5.74. The molecule has 1 aromatic rings. The lowest BCUT2D eigenvalue weighted by molar-refractivity contribution is 0.262. The van der Waals surface area contributed by atoms with Crippen LogP contribution in [0.3, 0.4) is 0 Å². The van der Waals surface area contributed by atoms with E-state index in [4.69, 9.17) is 4.43 Å². The lowest BCUT2D eigenvalue weighted by Crippen LogP contribution is -2.43. The van der Waals surface area contributed by atoms with Crippen molar-refractivity contribution in [3.8, 4) is 0 Å². The zero-order chi connectivity index (χ0) is 15.0. The molecular formula is C16H24BrNOSi. The molecule has 0 aliphatic carbocycles. The Bertz CT molecular complexity index is 520. The van der Waals surface area contributed by atoms with Crippen LogP contribution >= 0.6 is 15.9 Å². The molecule has 0 aromatic heterocycles. The first-order valence-corrected chi connectivity index (χ1v) is 10.9. The van der Waals surface area contributed by atoms with Crippen LogP contribution < -0.4 is 0 Å². The van der Waals surface area contributed by atoms with E-state index in [0.29, 0.717) is 0 Å². The van der Waals surface area contributed by atoms with Crippen LogP contribution in [0, 0.1) is 0 Å². The second-order valence-electron chi connectivity index (χ2n) is 7.02. The Kier molecular flexibility index (Phi) is 4.57. The fraction of sp³-hybridized carbons (Fsp3) is 0.562. The van der Waals surface area contributed by atoms with Crippen LogP contribution in [0.15, 0.2) is 27.7 Å². The van der Waals surface area contributed by atoms with Crippen LogP contribution in [0.5, 0.6) is 0 Å². The third kappa shape index (κ3) is 3.41. The van der Waals surface area contributed by atoms with Crippen molar-refractivity contribution < 1.29 is 4.43 Å². The van der Waals surface area contributed by atoms with Crippen LogP contribution in [-0.4, -0.2) is 27.2 Å². The SMILES string of the molecule is CC(C)(C)[Si](C)(C)OC[C@H]1Cc2c(Br)cccc2C=N1. The lowest BCUT2D eigenvalue weighted by atomic mass is 9.99. The number of halogens is 1. The molecule has 0 bridgehead atoms. The number of hydrogen-bond donors (Lipinski definition) is 0. The fourth-order valence-electron chi connectivity index (χ4n) is 2.01. The zero-order valence-corrected chi connectivity index (χ0v) is 15.6. The van der Waals surface area contributed by atoms with Crippen molar-refractivity contribution in [2.24, 2.45) is 4.99 Å². The number of rotatable bonds is 3. The Labute approximate surface area is 131 Å². The summed E-state index contributed by atoms with van der Waals surface area (Å²) in [7, 11) is -1.68. The highest BCUT2D eigenvalue weighted by atomic mass is 79.9. The second-order valence-corrected chi connectivity index (χ2v) is 12.7. The van der Waals surface area contributed by atoms with Gasteiger partial charge in [0.25, 0.3) is 0 Å².